The van der Waals surface area contributed by atoms with E-state index in [0.29, 0.717) is 0 Å². The van der Waals surface area contributed by atoms with Gasteiger partial charge in [0.05, 0.1) is 0 Å². The van der Waals surface area contributed by atoms with Crippen molar-refractivity contribution in [2.75, 3.05) is 20.3 Å². The molecular weight excluding hydrogens is 112 g/mol. The molecule has 1 heterocycles. The highest BCUT2D eigenvalue weighted by Crippen LogP contribution is 1.83. The second-order valence-corrected chi connectivity index (χ2v) is 2.51. The first-order valence-electron chi connectivity index (χ1n) is 3.45. The van der Waals surface area contributed by atoms with Gasteiger partial charge < -0.3 is 0 Å². The van der Waals surface area contributed by atoms with Crippen molar-refractivity contribution in [3.05, 3.63) is 0 Å². The summed E-state index contributed by atoms with van der Waals surface area (Å²) >= 11 is 0. The summed E-state index contributed by atoms with van der Waals surface area (Å²) in [5, 5.41) is 0. The normalized spacial score (nSPS) is 17.6. The van der Waals surface area contributed by atoms with E-state index in [-0.39, 0.29) is 0 Å². The van der Waals surface area contributed by atoms with Crippen LogP contribution in [0.3, 0.4) is 0 Å². The molecule has 1 aliphatic heterocycles. The van der Waals surface area contributed by atoms with Gasteiger partial charge in [-0.3, -0.25) is 0 Å². The minimum atomic E-state index is 1.06. The molecule has 50 valence electrons. The first-order chi connectivity index (χ1) is 4.33. The van der Waals surface area contributed by atoms with Gasteiger partial charge in [-0.15, -0.1) is 0 Å². The van der Waals surface area contributed by atoms with Crippen LogP contribution >= 0.6 is 0 Å². The van der Waals surface area contributed by atoms with E-state index in [0.717, 1.165) is 6.67 Å². The van der Waals surface area contributed by atoms with E-state index in [4.69, 9.17) is 0 Å². The van der Waals surface area contributed by atoms with Crippen LogP contribution in [-0.2, 0) is 0 Å². The van der Waals surface area contributed by atoms with Gasteiger partial charge in [-0.2, -0.15) is 9.15 Å². The first-order valence-corrected chi connectivity index (χ1v) is 3.45. The molecular formula is C7H14N2+2. The highest BCUT2D eigenvalue weighted by atomic mass is 15.2. The molecule has 2 nitrogen and oxygen atoms in total. The van der Waals surface area contributed by atoms with E-state index in [1.807, 2.05) is 0 Å². The third-order valence-electron chi connectivity index (χ3n) is 1.45. The van der Waals surface area contributed by atoms with Crippen LogP contribution in [0.5, 0.6) is 0 Å². The Hall–Kier alpha value is -0.660. The predicted molar refractivity (Wildman–Crippen MR) is 38.6 cm³/mol. The molecule has 0 atom stereocenters. The number of nitrogens with zero attached hydrogens (tertiary/aromatic N) is 2. The Morgan fingerprint density at radius 1 is 1.44 bits per heavy atom. The predicted octanol–water partition coefficient (Wildman–Crippen LogP) is 0.164. The third-order valence-corrected chi connectivity index (χ3v) is 1.45. The van der Waals surface area contributed by atoms with Crippen LogP contribution in [0, 0.1) is 0 Å². The van der Waals surface area contributed by atoms with Crippen molar-refractivity contribution < 1.29 is 9.15 Å². The summed E-state index contributed by atoms with van der Waals surface area (Å²) in [5.41, 5.74) is 0. The molecule has 0 N–H and O–H groups in total. The fourth-order valence-corrected chi connectivity index (χ4v) is 1.02. The van der Waals surface area contributed by atoms with Crippen molar-refractivity contribution in [3.63, 3.8) is 0 Å². The molecule has 0 spiro atoms. The van der Waals surface area contributed by atoms with Crippen LogP contribution < -0.4 is 0 Å². The maximum atomic E-state index is 2.31. The van der Waals surface area contributed by atoms with Gasteiger partial charge in [0, 0.05) is 6.42 Å². The van der Waals surface area contributed by atoms with Gasteiger partial charge >= 0.3 is 6.67 Å². The molecule has 0 aliphatic carbocycles. The number of hydrogen-bond donors (Lipinski definition) is 0. The van der Waals surface area contributed by atoms with Crippen molar-refractivity contribution in [2.24, 2.45) is 0 Å². The highest BCUT2D eigenvalue weighted by molar-refractivity contribution is 6.11. The Labute approximate surface area is 56.1 Å². The van der Waals surface area contributed by atoms with E-state index in [2.05, 4.69) is 35.6 Å². The van der Waals surface area contributed by atoms with Crippen LogP contribution in [0.2, 0.25) is 0 Å². The second kappa shape index (κ2) is 2.76. The van der Waals surface area contributed by atoms with Crippen molar-refractivity contribution >= 4 is 12.4 Å². The molecule has 2 heteroatoms. The van der Waals surface area contributed by atoms with E-state index < -0.39 is 0 Å². The van der Waals surface area contributed by atoms with Crippen LogP contribution in [0.1, 0.15) is 13.3 Å². The van der Waals surface area contributed by atoms with Gasteiger partial charge in [0.2, 0.25) is 12.4 Å². The molecule has 1 aliphatic rings. The molecule has 0 saturated heterocycles. The molecule has 0 unspecified atom stereocenters. The average Bonchev–Trinajstić information content (AvgIpc) is 2.17. The van der Waals surface area contributed by atoms with Crippen molar-refractivity contribution in [1.82, 2.24) is 0 Å². The van der Waals surface area contributed by atoms with E-state index in [9.17, 15) is 0 Å². The minimum Gasteiger partial charge on any atom is -0.176 e. The molecule has 0 aromatic heterocycles. The Bertz CT molecular complexity index is 156. The summed E-state index contributed by atoms with van der Waals surface area (Å²) in [7, 11) is 2.09. The van der Waals surface area contributed by atoms with Crippen LogP contribution in [0.15, 0.2) is 0 Å². The summed E-state index contributed by atoms with van der Waals surface area (Å²) in [4.78, 5) is 0. The van der Waals surface area contributed by atoms with Crippen molar-refractivity contribution in [1.29, 1.82) is 0 Å². The van der Waals surface area contributed by atoms with Gasteiger partial charge in [-0.25, -0.2) is 0 Å². The Morgan fingerprint density at radius 3 is 2.67 bits per heavy atom. The van der Waals surface area contributed by atoms with E-state index in [1.54, 1.807) is 0 Å². The molecule has 9 heavy (non-hydrogen) atoms. The van der Waals surface area contributed by atoms with Crippen molar-refractivity contribution in [3.8, 4) is 0 Å². The van der Waals surface area contributed by atoms with E-state index >= 15 is 0 Å². The maximum absolute atomic E-state index is 2.31. The number of rotatable bonds is 2. The molecule has 0 amide bonds. The summed E-state index contributed by atoms with van der Waals surface area (Å²) in [6.07, 6.45) is 5.48. The highest BCUT2D eigenvalue weighted by Gasteiger charge is 2.13. The topological polar surface area (TPSA) is 6.02 Å². The Morgan fingerprint density at radius 2 is 2.22 bits per heavy atom. The van der Waals surface area contributed by atoms with Gasteiger partial charge in [0.25, 0.3) is 0 Å². The fourth-order valence-electron chi connectivity index (χ4n) is 1.02. The molecule has 1 rings (SSSR count). The second-order valence-electron chi connectivity index (χ2n) is 2.51. The zero-order chi connectivity index (χ0) is 6.69. The quantitative estimate of drug-likeness (QED) is 0.465. The lowest BCUT2D eigenvalue weighted by molar-refractivity contribution is -0.699. The number of hydrogen-bond acceptors (Lipinski definition) is 0. The van der Waals surface area contributed by atoms with Crippen LogP contribution in [0.25, 0.3) is 0 Å². The minimum absolute atomic E-state index is 1.06. The summed E-state index contributed by atoms with van der Waals surface area (Å²) in [5.74, 6) is 0. The summed E-state index contributed by atoms with van der Waals surface area (Å²) < 4.78 is 4.48. The van der Waals surface area contributed by atoms with Crippen LogP contribution in [0.4, 0.5) is 0 Å². The molecule has 0 bridgehead atoms. The van der Waals surface area contributed by atoms with Gasteiger partial charge in [-0.05, 0) is 0 Å². The molecule has 0 aromatic rings. The lowest BCUT2D eigenvalue weighted by Crippen LogP contribution is -2.16. The zero-order valence-corrected chi connectivity index (χ0v) is 6.17. The molecule has 0 radical (unpaired) electrons. The zero-order valence-electron chi connectivity index (χ0n) is 6.17. The van der Waals surface area contributed by atoms with E-state index in [1.165, 1.54) is 13.0 Å². The summed E-state index contributed by atoms with van der Waals surface area (Å²) in [6.45, 7) is 4.45. The monoisotopic (exact) mass is 126 g/mol. The first kappa shape index (κ1) is 6.46. The lowest BCUT2D eigenvalue weighted by atomic mass is 10.5. The Balaban J connectivity index is 2.35. The van der Waals surface area contributed by atoms with Gasteiger partial charge in [0.15, 0.2) is 0 Å². The van der Waals surface area contributed by atoms with Crippen LogP contribution in [-0.4, -0.2) is 41.8 Å². The molecule has 0 saturated carbocycles. The standard InChI is InChI=1S/C7H14N2/c1-3-4-9-6-5-8(2)7-9/h5-6H,3-4,7H2,1-2H3/q+2. The van der Waals surface area contributed by atoms with Gasteiger partial charge in [-0.1, -0.05) is 6.92 Å². The lowest BCUT2D eigenvalue weighted by Gasteiger charge is -1.89. The SMILES string of the molecule is CCC[N+]1=CC=[N+](C)C1. The summed E-state index contributed by atoms with van der Waals surface area (Å²) in [6, 6.07) is 0. The smallest absolute Gasteiger partial charge is 0.176 e. The molecule has 0 fully saturated rings. The average molecular weight is 126 g/mol. The maximum Gasteiger partial charge on any atom is 0.334 e. The molecule has 0 aromatic carbocycles. The fraction of sp³-hybridized carbons (Fsp3) is 0.714. The Kier molecular flexibility index (Phi) is 1.98. The largest absolute Gasteiger partial charge is 0.334 e. The third kappa shape index (κ3) is 1.63. The van der Waals surface area contributed by atoms with Gasteiger partial charge in [0.1, 0.15) is 13.6 Å². The van der Waals surface area contributed by atoms with Crippen molar-refractivity contribution in [2.45, 2.75) is 13.3 Å².